The van der Waals surface area contributed by atoms with E-state index in [4.69, 9.17) is 16.3 Å². The van der Waals surface area contributed by atoms with Gasteiger partial charge in [-0.15, -0.1) is 11.6 Å². The van der Waals surface area contributed by atoms with Crippen LogP contribution in [0, 0.1) is 6.92 Å². The molecular weight excluding hydrogens is 262 g/mol. The van der Waals surface area contributed by atoms with E-state index >= 15 is 0 Å². The molecule has 4 nitrogen and oxygen atoms in total. The second-order valence-electron chi connectivity index (χ2n) is 5.09. The highest BCUT2D eigenvalue weighted by Gasteiger charge is 2.24. The number of pyridine rings is 1. The fourth-order valence-corrected chi connectivity index (χ4v) is 2.82. The normalized spacial score (nSPS) is 18.9. The van der Waals surface area contributed by atoms with E-state index in [-0.39, 0.29) is 5.38 Å². The van der Waals surface area contributed by atoms with Crippen molar-refractivity contribution in [2.24, 2.45) is 0 Å². The summed E-state index contributed by atoms with van der Waals surface area (Å²) in [6.45, 7) is 5.56. The van der Waals surface area contributed by atoms with E-state index in [1.54, 1.807) is 0 Å². The molecule has 0 aliphatic carbocycles. The number of aryl methyl sites for hydroxylation is 1. The van der Waals surface area contributed by atoms with Gasteiger partial charge in [0.05, 0.1) is 5.38 Å². The number of aromatic nitrogens is 3. The topological polar surface area (TPSA) is 39.9 Å². The average molecular weight is 280 g/mol. The lowest BCUT2D eigenvalue weighted by atomic mass is 10.1. The summed E-state index contributed by atoms with van der Waals surface area (Å²) in [5.41, 5.74) is 2.89. The Hall–Kier alpha value is -1.13. The third kappa shape index (κ3) is 2.35. The van der Waals surface area contributed by atoms with Crippen molar-refractivity contribution >= 4 is 22.8 Å². The number of halogens is 1. The number of rotatable bonds is 2. The standard InChI is InChI=1S/C14H18ClN3O/c1-9-3-4-12-14(16-9)18(13(17-12)10(2)15)11-5-7-19-8-6-11/h3-4,10-11H,5-8H2,1-2H3. The van der Waals surface area contributed by atoms with E-state index in [1.165, 1.54) is 0 Å². The second kappa shape index (κ2) is 5.10. The van der Waals surface area contributed by atoms with Crippen LogP contribution in [0.15, 0.2) is 12.1 Å². The minimum absolute atomic E-state index is 0.114. The Labute approximate surface area is 117 Å². The SMILES string of the molecule is Cc1ccc2nc(C(C)Cl)n(C3CCOCC3)c2n1. The van der Waals surface area contributed by atoms with E-state index < -0.39 is 0 Å². The molecule has 2 aromatic rings. The first kappa shape index (κ1) is 12.9. The fraction of sp³-hybridized carbons (Fsp3) is 0.571. The van der Waals surface area contributed by atoms with Crippen LogP contribution in [0.25, 0.3) is 11.2 Å². The predicted molar refractivity (Wildman–Crippen MR) is 75.6 cm³/mol. The highest BCUT2D eigenvalue weighted by molar-refractivity contribution is 6.20. The maximum atomic E-state index is 6.30. The Balaban J connectivity index is 2.17. The van der Waals surface area contributed by atoms with Crippen LogP contribution in [0.4, 0.5) is 0 Å². The minimum atomic E-state index is -0.114. The number of imidazole rings is 1. The van der Waals surface area contributed by atoms with Crippen LogP contribution in [0.3, 0.4) is 0 Å². The van der Waals surface area contributed by atoms with Gasteiger partial charge in [-0.25, -0.2) is 9.97 Å². The summed E-state index contributed by atoms with van der Waals surface area (Å²) in [7, 11) is 0. The number of ether oxygens (including phenoxy) is 1. The first-order valence-corrected chi connectivity index (χ1v) is 7.18. The van der Waals surface area contributed by atoms with E-state index in [2.05, 4.69) is 14.5 Å². The average Bonchev–Trinajstić information content (AvgIpc) is 2.78. The number of hydrogen-bond acceptors (Lipinski definition) is 3. The fourth-order valence-electron chi connectivity index (χ4n) is 2.67. The van der Waals surface area contributed by atoms with Crippen molar-refractivity contribution in [1.82, 2.24) is 14.5 Å². The Morgan fingerprint density at radius 1 is 1.32 bits per heavy atom. The zero-order valence-electron chi connectivity index (χ0n) is 11.3. The summed E-state index contributed by atoms with van der Waals surface area (Å²) in [6.07, 6.45) is 2.00. The Bertz CT molecular complexity index is 588. The van der Waals surface area contributed by atoms with Crippen LogP contribution in [0.2, 0.25) is 0 Å². The third-order valence-electron chi connectivity index (χ3n) is 3.62. The van der Waals surface area contributed by atoms with Crippen LogP contribution < -0.4 is 0 Å². The van der Waals surface area contributed by atoms with Gasteiger partial charge in [0.25, 0.3) is 0 Å². The first-order valence-electron chi connectivity index (χ1n) is 6.74. The van der Waals surface area contributed by atoms with Crippen LogP contribution in [0.5, 0.6) is 0 Å². The lowest BCUT2D eigenvalue weighted by Crippen LogP contribution is -2.21. The van der Waals surface area contributed by atoms with E-state index in [0.717, 1.165) is 48.7 Å². The molecule has 1 saturated heterocycles. The van der Waals surface area contributed by atoms with Crippen LogP contribution in [-0.2, 0) is 4.74 Å². The molecule has 1 fully saturated rings. The number of hydrogen-bond donors (Lipinski definition) is 0. The van der Waals surface area contributed by atoms with Gasteiger partial charge >= 0.3 is 0 Å². The summed E-state index contributed by atoms with van der Waals surface area (Å²) < 4.78 is 7.67. The third-order valence-corrected chi connectivity index (χ3v) is 3.81. The highest BCUT2D eigenvalue weighted by atomic mass is 35.5. The van der Waals surface area contributed by atoms with Crippen molar-refractivity contribution in [3.8, 4) is 0 Å². The molecule has 3 heterocycles. The van der Waals surface area contributed by atoms with Gasteiger partial charge in [-0.2, -0.15) is 0 Å². The van der Waals surface area contributed by atoms with E-state index in [1.807, 2.05) is 26.0 Å². The van der Waals surface area contributed by atoms with E-state index in [9.17, 15) is 0 Å². The summed E-state index contributed by atoms with van der Waals surface area (Å²) in [5, 5.41) is -0.114. The Morgan fingerprint density at radius 2 is 2.05 bits per heavy atom. The van der Waals surface area contributed by atoms with Gasteiger partial charge in [-0.05, 0) is 38.8 Å². The second-order valence-corrected chi connectivity index (χ2v) is 5.75. The molecule has 19 heavy (non-hydrogen) atoms. The van der Waals surface area contributed by atoms with Crippen LogP contribution in [-0.4, -0.2) is 27.7 Å². The molecule has 1 unspecified atom stereocenters. The van der Waals surface area contributed by atoms with Gasteiger partial charge in [-0.1, -0.05) is 0 Å². The minimum Gasteiger partial charge on any atom is -0.381 e. The maximum absolute atomic E-state index is 6.30. The zero-order chi connectivity index (χ0) is 13.4. The molecule has 1 aliphatic rings. The Morgan fingerprint density at radius 3 is 2.74 bits per heavy atom. The summed E-state index contributed by atoms with van der Waals surface area (Å²) in [4.78, 5) is 9.31. The lowest BCUT2D eigenvalue weighted by Gasteiger charge is -2.25. The van der Waals surface area contributed by atoms with E-state index in [0.29, 0.717) is 6.04 Å². The largest absolute Gasteiger partial charge is 0.381 e. The summed E-state index contributed by atoms with van der Waals surface area (Å²) in [6, 6.07) is 4.41. The van der Waals surface area contributed by atoms with Gasteiger partial charge in [0, 0.05) is 24.9 Å². The first-order chi connectivity index (χ1) is 9.16. The molecule has 5 heteroatoms. The molecule has 0 amide bonds. The smallest absolute Gasteiger partial charge is 0.160 e. The van der Waals surface area contributed by atoms with Crippen LogP contribution >= 0.6 is 11.6 Å². The molecule has 0 spiro atoms. The molecule has 2 aromatic heterocycles. The number of fused-ring (bicyclic) bond motifs is 1. The van der Waals surface area contributed by atoms with Gasteiger partial charge in [0.2, 0.25) is 0 Å². The molecule has 102 valence electrons. The summed E-state index contributed by atoms with van der Waals surface area (Å²) >= 11 is 6.30. The van der Waals surface area contributed by atoms with Gasteiger partial charge < -0.3 is 9.30 Å². The maximum Gasteiger partial charge on any atom is 0.160 e. The molecular formula is C14H18ClN3O. The van der Waals surface area contributed by atoms with Crippen molar-refractivity contribution in [3.05, 3.63) is 23.7 Å². The lowest BCUT2D eigenvalue weighted by molar-refractivity contribution is 0.0697. The molecule has 1 aliphatic heterocycles. The zero-order valence-corrected chi connectivity index (χ0v) is 12.0. The molecule has 0 saturated carbocycles. The van der Waals surface area contributed by atoms with Gasteiger partial charge in [0.1, 0.15) is 11.3 Å². The number of alkyl halides is 1. The van der Waals surface area contributed by atoms with Crippen molar-refractivity contribution in [2.75, 3.05) is 13.2 Å². The number of nitrogens with zero attached hydrogens (tertiary/aromatic N) is 3. The molecule has 0 N–H and O–H groups in total. The molecule has 0 bridgehead atoms. The van der Waals surface area contributed by atoms with Crippen molar-refractivity contribution in [3.63, 3.8) is 0 Å². The van der Waals surface area contributed by atoms with Gasteiger partial charge in [-0.3, -0.25) is 0 Å². The highest BCUT2D eigenvalue weighted by Crippen LogP contribution is 2.31. The summed E-state index contributed by atoms with van der Waals surface area (Å²) in [5.74, 6) is 0.918. The molecule has 3 rings (SSSR count). The van der Waals surface area contributed by atoms with Crippen LogP contribution in [0.1, 0.15) is 42.7 Å². The molecule has 0 radical (unpaired) electrons. The van der Waals surface area contributed by atoms with Crippen molar-refractivity contribution in [1.29, 1.82) is 0 Å². The van der Waals surface area contributed by atoms with Crippen molar-refractivity contribution < 1.29 is 4.74 Å². The monoisotopic (exact) mass is 279 g/mol. The Kier molecular flexibility index (Phi) is 3.46. The molecule has 0 aromatic carbocycles. The molecule has 1 atom stereocenters. The van der Waals surface area contributed by atoms with Gasteiger partial charge in [0.15, 0.2) is 5.65 Å². The predicted octanol–water partition coefficient (Wildman–Crippen LogP) is 3.39. The quantitative estimate of drug-likeness (QED) is 0.791. The van der Waals surface area contributed by atoms with Crippen molar-refractivity contribution in [2.45, 2.75) is 38.1 Å².